The highest BCUT2D eigenvalue weighted by Gasteiger charge is 2.49. The lowest BCUT2D eigenvalue weighted by Gasteiger charge is -2.16. The summed E-state index contributed by atoms with van der Waals surface area (Å²) in [5, 5.41) is 12.9. The molecule has 2 saturated heterocycles. The number of esters is 1. The normalized spacial score (nSPS) is 26.6. The van der Waals surface area contributed by atoms with Gasteiger partial charge in [0.2, 0.25) is 5.95 Å². The van der Waals surface area contributed by atoms with E-state index >= 15 is 0 Å². The summed E-state index contributed by atoms with van der Waals surface area (Å²) in [6, 6.07) is 9.79. The molecule has 2 N–H and O–H groups in total. The molecular weight excluding hydrogens is 418 g/mol. The van der Waals surface area contributed by atoms with Gasteiger partial charge in [0.15, 0.2) is 11.8 Å². The second-order valence-electron chi connectivity index (χ2n) is 6.34. The van der Waals surface area contributed by atoms with Crippen LogP contribution < -0.4 is 5.32 Å². The minimum atomic E-state index is -0.696. The van der Waals surface area contributed by atoms with Crippen LogP contribution >= 0.6 is 15.9 Å². The molecule has 3 heterocycles. The van der Waals surface area contributed by atoms with Crippen molar-refractivity contribution in [3.8, 4) is 0 Å². The van der Waals surface area contributed by atoms with Gasteiger partial charge in [-0.2, -0.15) is 0 Å². The molecule has 0 radical (unpaired) electrons. The Labute approximate surface area is 164 Å². The topological polar surface area (TPSA) is 103 Å². The molecule has 142 valence electrons. The van der Waals surface area contributed by atoms with Gasteiger partial charge in [0.05, 0.1) is 17.7 Å². The maximum absolute atomic E-state index is 12.6. The van der Waals surface area contributed by atoms with Crippen molar-refractivity contribution in [1.29, 1.82) is 0 Å². The van der Waals surface area contributed by atoms with Gasteiger partial charge in [-0.15, -0.1) is 0 Å². The Balaban J connectivity index is 1.42. The first-order valence-electron chi connectivity index (χ1n) is 8.54. The number of nitrogens with one attached hydrogen (secondary N) is 1. The van der Waals surface area contributed by atoms with Crippen molar-refractivity contribution < 1.29 is 24.1 Å². The van der Waals surface area contributed by atoms with Gasteiger partial charge in [-0.3, -0.25) is 0 Å². The van der Waals surface area contributed by atoms with Gasteiger partial charge in [-0.05, 0) is 21.5 Å². The number of fused-ring (bicyclic) bond motifs is 1. The van der Waals surface area contributed by atoms with Crippen LogP contribution in [0.5, 0.6) is 0 Å². The van der Waals surface area contributed by atoms with Gasteiger partial charge in [0.1, 0.15) is 18.3 Å². The number of benzene rings is 1. The second-order valence-corrected chi connectivity index (χ2v) is 7.19. The van der Waals surface area contributed by atoms with E-state index in [1.807, 2.05) is 30.3 Å². The fraction of sp³-hybridized carbons (Fsp3) is 0.389. The third-order valence-corrected chi connectivity index (χ3v) is 5.05. The highest BCUT2D eigenvalue weighted by molar-refractivity contribution is 9.10. The smallest absolute Gasteiger partial charge is 0.358 e. The lowest BCUT2D eigenvalue weighted by Crippen LogP contribution is -2.34. The third kappa shape index (κ3) is 3.96. The van der Waals surface area contributed by atoms with E-state index < -0.39 is 30.4 Å². The van der Waals surface area contributed by atoms with Gasteiger partial charge in [0, 0.05) is 12.7 Å². The van der Waals surface area contributed by atoms with E-state index in [4.69, 9.17) is 14.2 Å². The Kier molecular flexibility index (Phi) is 5.35. The van der Waals surface area contributed by atoms with Crippen molar-refractivity contribution in [3.05, 3.63) is 52.3 Å². The van der Waals surface area contributed by atoms with E-state index in [9.17, 15) is 9.90 Å². The number of ether oxygens (including phenoxy) is 3. The Bertz CT molecular complexity index is 822. The molecule has 2 aromatic rings. The van der Waals surface area contributed by atoms with Gasteiger partial charge >= 0.3 is 5.97 Å². The zero-order valence-electron chi connectivity index (χ0n) is 14.2. The molecule has 0 saturated carbocycles. The van der Waals surface area contributed by atoms with Gasteiger partial charge in [-0.1, -0.05) is 30.3 Å². The molecule has 2 fully saturated rings. The molecule has 1 aromatic carbocycles. The molecule has 27 heavy (non-hydrogen) atoms. The predicted octanol–water partition coefficient (Wildman–Crippen LogP) is 1.54. The molecule has 0 aliphatic carbocycles. The zero-order chi connectivity index (χ0) is 18.8. The molecular formula is C18H18BrN3O5. The Morgan fingerprint density at radius 3 is 2.85 bits per heavy atom. The minimum Gasteiger partial charge on any atom is -0.452 e. The SMILES string of the molecule is O=C(O[C@H]1CO[C@H]2[C@@H]1OC[C@@H]2O)c1nc(NCc2ccccc2)ncc1Br. The van der Waals surface area contributed by atoms with Crippen LogP contribution in [0, 0.1) is 0 Å². The summed E-state index contributed by atoms with van der Waals surface area (Å²) in [6.07, 6.45) is -0.693. The maximum atomic E-state index is 12.6. The summed E-state index contributed by atoms with van der Waals surface area (Å²) in [6.45, 7) is 0.886. The quantitative estimate of drug-likeness (QED) is 0.681. The average Bonchev–Trinajstić information content (AvgIpc) is 3.25. The van der Waals surface area contributed by atoms with Crippen molar-refractivity contribution in [2.24, 2.45) is 0 Å². The monoisotopic (exact) mass is 435 g/mol. The van der Waals surface area contributed by atoms with E-state index in [1.54, 1.807) is 0 Å². The van der Waals surface area contributed by atoms with Gasteiger partial charge in [0.25, 0.3) is 0 Å². The Morgan fingerprint density at radius 2 is 2.04 bits per heavy atom. The zero-order valence-corrected chi connectivity index (χ0v) is 15.8. The van der Waals surface area contributed by atoms with E-state index in [2.05, 4.69) is 31.2 Å². The van der Waals surface area contributed by atoms with E-state index in [-0.39, 0.29) is 18.9 Å². The number of halogens is 1. The first-order valence-corrected chi connectivity index (χ1v) is 9.33. The molecule has 1 aromatic heterocycles. The molecule has 8 nitrogen and oxygen atoms in total. The summed E-state index contributed by atoms with van der Waals surface area (Å²) in [4.78, 5) is 21.0. The van der Waals surface area contributed by atoms with Crippen molar-refractivity contribution in [1.82, 2.24) is 9.97 Å². The standard InChI is InChI=1S/C18H18BrN3O5/c19-11-7-21-18(20-6-10-4-2-1-3-5-10)22-14(11)17(24)27-13-9-26-15-12(23)8-25-16(13)15/h1-5,7,12-13,15-16,23H,6,8-9H2,(H,20,21,22)/t12-,13-,15+,16+/m0/s1. The van der Waals surface area contributed by atoms with Crippen LogP contribution in [-0.2, 0) is 20.8 Å². The van der Waals surface area contributed by atoms with Crippen molar-refractivity contribution in [3.63, 3.8) is 0 Å². The molecule has 2 aliphatic rings. The van der Waals surface area contributed by atoms with Crippen molar-refractivity contribution >= 4 is 27.8 Å². The summed E-state index contributed by atoms with van der Waals surface area (Å²) in [7, 11) is 0. The van der Waals surface area contributed by atoms with Crippen LogP contribution in [-0.4, -0.2) is 58.7 Å². The molecule has 4 rings (SSSR count). The summed E-state index contributed by atoms with van der Waals surface area (Å²) >= 11 is 3.29. The Hall–Kier alpha value is -2.07. The number of rotatable bonds is 5. The van der Waals surface area contributed by atoms with Crippen LogP contribution in [0.25, 0.3) is 0 Å². The van der Waals surface area contributed by atoms with Crippen LogP contribution in [0.15, 0.2) is 41.0 Å². The molecule has 9 heteroatoms. The second kappa shape index (κ2) is 7.89. The molecule has 0 spiro atoms. The summed E-state index contributed by atoms with van der Waals surface area (Å²) in [5.74, 6) is -0.284. The number of aliphatic hydroxyl groups excluding tert-OH is 1. The van der Waals surface area contributed by atoms with Crippen LogP contribution in [0.1, 0.15) is 16.1 Å². The predicted molar refractivity (Wildman–Crippen MR) is 98.2 cm³/mol. The van der Waals surface area contributed by atoms with E-state index in [0.717, 1.165) is 5.56 Å². The highest BCUT2D eigenvalue weighted by atomic mass is 79.9. The molecule has 2 aliphatic heterocycles. The maximum Gasteiger partial charge on any atom is 0.358 e. The fourth-order valence-electron chi connectivity index (χ4n) is 3.11. The molecule has 0 bridgehead atoms. The first kappa shape index (κ1) is 18.3. The van der Waals surface area contributed by atoms with E-state index in [0.29, 0.717) is 17.0 Å². The number of aliphatic hydroxyl groups is 1. The number of hydrogen-bond donors (Lipinski definition) is 2. The highest BCUT2D eigenvalue weighted by Crippen LogP contribution is 2.29. The van der Waals surface area contributed by atoms with Crippen molar-refractivity contribution in [2.45, 2.75) is 31.0 Å². The lowest BCUT2D eigenvalue weighted by atomic mass is 10.1. The summed E-state index contributed by atoms with van der Waals surface area (Å²) in [5.41, 5.74) is 1.18. The minimum absolute atomic E-state index is 0.113. The van der Waals surface area contributed by atoms with Crippen LogP contribution in [0.3, 0.4) is 0 Å². The number of carbonyl (C=O) groups is 1. The number of nitrogens with zero attached hydrogens (tertiary/aromatic N) is 2. The number of carbonyl (C=O) groups excluding carboxylic acids is 1. The largest absolute Gasteiger partial charge is 0.452 e. The van der Waals surface area contributed by atoms with Gasteiger partial charge < -0.3 is 24.6 Å². The van der Waals surface area contributed by atoms with Gasteiger partial charge in [-0.25, -0.2) is 14.8 Å². The molecule has 4 atom stereocenters. The summed E-state index contributed by atoms with van der Waals surface area (Å²) < 4.78 is 16.9. The Morgan fingerprint density at radius 1 is 1.26 bits per heavy atom. The number of anilines is 1. The number of hydrogen-bond acceptors (Lipinski definition) is 8. The lowest BCUT2D eigenvalue weighted by molar-refractivity contribution is -0.0213. The average molecular weight is 436 g/mol. The number of aromatic nitrogens is 2. The molecule has 0 unspecified atom stereocenters. The fourth-order valence-corrected chi connectivity index (χ4v) is 3.46. The van der Waals surface area contributed by atoms with Crippen LogP contribution in [0.4, 0.5) is 5.95 Å². The van der Waals surface area contributed by atoms with Crippen LogP contribution in [0.2, 0.25) is 0 Å². The molecule has 0 amide bonds. The van der Waals surface area contributed by atoms with E-state index in [1.165, 1.54) is 6.20 Å². The third-order valence-electron chi connectivity index (χ3n) is 4.47. The van der Waals surface area contributed by atoms with Crippen molar-refractivity contribution in [2.75, 3.05) is 18.5 Å². The first-order chi connectivity index (χ1) is 13.1.